The van der Waals surface area contributed by atoms with Gasteiger partial charge in [-0.15, -0.1) is 0 Å². The molecule has 35 heavy (non-hydrogen) atoms. The molecule has 1 N–H and O–H groups in total. The lowest BCUT2D eigenvalue weighted by Gasteiger charge is -2.35. The number of alkyl halides is 2. The average molecular weight is 497 g/mol. The van der Waals surface area contributed by atoms with Crippen LogP contribution in [0.15, 0.2) is 40.3 Å². The number of rotatable bonds is 6. The number of fused-ring (bicyclic) bond motifs is 1. The van der Waals surface area contributed by atoms with Gasteiger partial charge in [0.05, 0.1) is 12.6 Å². The van der Waals surface area contributed by atoms with Gasteiger partial charge in [-0.1, -0.05) is 6.07 Å². The third kappa shape index (κ3) is 4.76. The van der Waals surface area contributed by atoms with Crippen LogP contribution in [0.2, 0.25) is 0 Å². The Morgan fingerprint density at radius 2 is 1.86 bits per heavy atom. The van der Waals surface area contributed by atoms with E-state index < -0.39 is 42.2 Å². The van der Waals surface area contributed by atoms with E-state index in [4.69, 9.17) is 4.74 Å². The van der Waals surface area contributed by atoms with Gasteiger partial charge < -0.3 is 14.8 Å². The standard InChI is InChI=1S/C22H20F5N5O3/c1-11-4-5-13(35-22(26,27)10-34-3)8-16(11)29-19-30-21(33)31(2)20-28-9-17(32(19)20)12-6-14(23)18(25)15(24)7-12/h4-8,17H,9-10H2,1-3H3,(H,29,30,33). The maximum Gasteiger partial charge on any atom is 0.421 e. The molecule has 2 amide bonds. The fourth-order valence-corrected chi connectivity index (χ4v) is 3.68. The van der Waals surface area contributed by atoms with Gasteiger partial charge in [-0.05, 0) is 36.2 Å². The smallest absolute Gasteiger partial charge is 0.421 e. The average Bonchev–Trinajstić information content (AvgIpc) is 3.23. The Labute approximate surface area is 196 Å². The lowest BCUT2D eigenvalue weighted by molar-refractivity contribution is -0.206. The summed E-state index contributed by atoms with van der Waals surface area (Å²) in [7, 11) is 2.53. The Bertz CT molecular complexity index is 1210. The maximum atomic E-state index is 13.9. The molecule has 4 rings (SSSR count). The number of anilines is 1. The molecule has 0 aliphatic carbocycles. The minimum absolute atomic E-state index is 0.0104. The SMILES string of the molecule is COCC(F)(F)Oc1ccc(C)c(NC2=NC(=O)N(C)C3=NCC(c4cc(F)c(F)c(F)c4)N23)c1. The zero-order chi connectivity index (χ0) is 25.5. The van der Waals surface area contributed by atoms with E-state index in [0.717, 1.165) is 24.1 Å². The van der Waals surface area contributed by atoms with E-state index >= 15 is 0 Å². The lowest BCUT2D eigenvalue weighted by atomic mass is 10.1. The monoisotopic (exact) mass is 497 g/mol. The first-order valence-corrected chi connectivity index (χ1v) is 10.3. The number of carbonyl (C=O) groups excluding carboxylic acids is 1. The number of hydrogen-bond donors (Lipinski definition) is 1. The number of hydrogen-bond acceptors (Lipinski definition) is 6. The highest BCUT2D eigenvalue weighted by molar-refractivity contribution is 6.17. The molecule has 1 atom stereocenters. The van der Waals surface area contributed by atoms with Gasteiger partial charge in [-0.3, -0.25) is 9.80 Å². The summed E-state index contributed by atoms with van der Waals surface area (Å²) >= 11 is 0. The van der Waals surface area contributed by atoms with E-state index in [2.05, 4.69) is 20.0 Å². The maximum absolute atomic E-state index is 13.9. The van der Waals surface area contributed by atoms with Crippen molar-refractivity contribution < 1.29 is 36.2 Å². The summed E-state index contributed by atoms with van der Waals surface area (Å²) in [5, 5.41) is 2.90. The number of benzene rings is 2. The molecule has 0 spiro atoms. The second-order valence-electron chi connectivity index (χ2n) is 7.88. The van der Waals surface area contributed by atoms with E-state index in [1.165, 1.54) is 30.1 Å². The van der Waals surface area contributed by atoms with Gasteiger partial charge in [0.15, 0.2) is 17.5 Å². The van der Waals surface area contributed by atoms with Crippen LogP contribution in [0.3, 0.4) is 0 Å². The molecule has 2 aliphatic heterocycles. The topological polar surface area (TPSA) is 78.8 Å². The van der Waals surface area contributed by atoms with Crippen LogP contribution >= 0.6 is 0 Å². The number of amides is 2. The molecule has 0 fully saturated rings. The van der Waals surface area contributed by atoms with E-state index in [1.807, 2.05) is 0 Å². The van der Waals surface area contributed by atoms with Crippen LogP contribution in [0.5, 0.6) is 5.75 Å². The summed E-state index contributed by atoms with van der Waals surface area (Å²) in [6.45, 7) is 0.707. The molecule has 2 aliphatic rings. The van der Waals surface area contributed by atoms with Gasteiger partial charge in [-0.25, -0.2) is 23.0 Å². The highest BCUT2D eigenvalue weighted by Gasteiger charge is 2.41. The molecular formula is C22H20F5N5O3. The Morgan fingerprint density at radius 3 is 2.51 bits per heavy atom. The first kappa shape index (κ1) is 24.4. The summed E-state index contributed by atoms with van der Waals surface area (Å²) in [5.74, 6) is -4.47. The zero-order valence-electron chi connectivity index (χ0n) is 18.8. The number of halogens is 5. The fourth-order valence-electron chi connectivity index (χ4n) is 3.68. The molecule has 0 saturated carbocycles. The van der Waals surface area contributed by atoms with Crippen molar-refractivity contribution >= 4 is 23.6 Å². The van der Waals surface area contributed by atoms with Crippen molar-refractivity contribution in [3.8, 4) is 5.75 Å². The van der Waals surface area contributed by atoms with Crippen LogP contribution < -0.4 is 10.1 Å². The van der Waals surface area contributed by atoms with Crippen LogP contribution in [0.4, 0.5) is 32.4 Å². The minimum atomic E-state index is -3.58. The molecule has 1 unspecified atom stereocenters. The largest absolute Gasteiger partial charge is 0.431 e. The second-order valence-corrected chi connectivity index (χ2v) is 7.88. The molecule has 2 aromatic carbocycles. The molecule has 2 aromatic rings. The number of aryl methyl sites for hydroxylation is 1. The van der Waals surface area contributed by atoms with Gasteiger partial charge in [0, 0.05) is 25.9 Å². The second kappa shape index (κ2) is 9.13. The Hall–Kier alpha value is -3.74. The van der Waals surface area contributed by atoms with Crippen molar-refractivity contribution in [3.63, 3.8) is 0 Å². The molecule has 8 nitrogen and oxygen atoms in total. The van der Waals surface area contributed by atoms with Crippen molar-refractivity contribution in [2.45, 2.75) is 19.1 Å². The van der Waals surface area contributed by atoms with Gasteiger partial charge in [-0.2, -0.15) is 13.8 Å². The van der Waals surface area contributed by atoms with Gasteiger partial charge >= 0.3 is 12.1 Å². The highest BCUT2D eigenvalue weighted by atomic mass is 19.3. The molecule has 2 heterocycles. The summed E-state index contributed by atoms with van der Waals surface area (Å²) in [5.41, 5.74) is 0.924. The molecule has 0 saturated heterocycles. The van der Waals surface area contributed by atoms with E-state index in [0.29, 0.717) is 5.56 Å². The number of nitrogens with zero attached hydrogens (tertiary/aromatic N) is 4. The number of carbonyl (C=O) groups is 1. The molecule has 0 bridgehead atoms. The molecule has 0 radical (unpaired) electrons. The van der Waals surface area contributed by atoms with Gasteiger partial charge in [0.1, 0.15) is 12.4 Å². The van der Waals surface area contributed by atoms with Crippen LogP contribution in [0.25, 0.3) is 0 Å². The Morgan fingerprint density at radius 1 is 1.17 bits per heavy atom. The lowest BCUT2D eigenvalue weighted by Crippen LogP contribution is -2.53. The van der Waals surface area contributed by atoms with Crippen LogP contribution in [-0.2, 0) is 4.74 Å². The Balaban J connectivity index is 1.69. The molecular weight excluding hydrogens is 477 g/mol. The van der Waals surface area contributed by atoms with Crippen LogP contribution in [-0.4, -0.2) is 61.2 Å². The number of guanidine groups is 2. The van der Waals surface area contributed by atoms with Crippen molar-refractivity contribution in [1.82, 2.24) is 9.80 Å². The van der Waals surface area contributed by atoms with Gasteiger partial charge in [0.2, 0.25) is 11.9 Å². The molecule has 186 valence electrons. The minimum Gasteiger partial charge on any atom is -0.431 e. The predicted octanol–water partition coefficient (Wildman–Crippen LogP) is 4.28. The number of urea groups is 1. The van der Waals surface area contributed by atoms with Crippen molar-refractivity contribution in [1.29, 1.82) is 0 Å². The predicted molar refractivity (Wildman–Crippen MR) is 116 cm³/mol. The summed E-state index contributed by atoms with van der Waals surface area (Å²) in [6, 6.07) is 4.29. The third-order valence-corrected chi connectivity index (χ3v) is 5.38. The zero-order valence-corrected chi connectivity index (χ0v) is 18.8. The first-order valence-electron chi connectivity index (χ1n) is 10.3. The number of ether oxygens (including phenoxy) is 2. The quantitative estimate of drug-likeness (QED) is 0.476. The summed E-state index contributed by atoms with van der Waals surface area (Å²) in [4.78, 5) is 23.2. The van der Waals surface area contributed by atoms with Crippen molar-refractivity contribution in [3.05, 3.63) is 58.9 Å². The molecule has 0 aromatic heterocycles. The van der Waals surface area contributed by atoms with Crippen LogP contribution in [0.1, 0.15) is 17.2 Å². The van der Waals surface area contributed by atoms with E-state index in [-0.39, 0.29) is 35.5 Å². The normalized spacial score (nSPS) is 17.8. The van der Waals surface area contributed by atoms with Crippen molar-refractivity contribution in [2.24, 2.45) is 9.98 Å². The molecule has 13 heteroatoms. The van der Waals surface area contributed by atoms with Crippen LogP contribution in [0, 0.1) is 24.4 Å². The highest BCUT2D eigenvalue weighted by Crippen LogP contribution is 2.33. The van der Waals surface area contributed by atoms with E-state index in [1.54, 1.807) is 6.92 Å². The first-order chi connectivity index (χ1) is 16.5. The fraction of sp³-hybridized carbons (Fsp3) is 0.318. The van der Waals surface area contributed by atoms with Gasteiger partial charge in [0.25, 0.3) is 0 Å². The van der Waals surface area contributed by atoms with Crippen molar-refractivity contribution in [2.75, 3.05) is 32.6 Å². The Kier molecular flexibility index (Phi) is 6.36. The van der Waals surface area contributed by atoms with E-state index in [9.17, 15) is 26.7 Å². The number of methoxy groups -OCH3 is 1. The number of nitrogens with one attached hydrogen (secondary N) is 1. The summed E-state index contributed by atoms with van der Waals surface area (Å²) < 4.78 is 78.2. The third-order valence-electron chi connectivity index (χ3n) is 5.38. The summed E-state index contributed by atoms with van der Waals surface area (Å²) in [6.07, 6.45) is -3.58. The number of aliphatic imine (C=N–C) groups is 2.